The van der Waals surface area contributed by atoms with Crippen molar-refractivity contribution < 1.29 is 9.90 Å². The first-order valence-corrected chi connectivity index (χ1v) is 8.41. The van der Waals surface area contributed by atoms with Gasteiger partial charge in [-0.1, -0.05) is 24.6 Å². The number of hydrogen-bond donors (Lipinski definition) is 1. The van der Waals surface area contributed by atoms with Gasteiger partial charge in [-0.3, -0.25) is 4.79 Å². The molecule has 22 heavy (non-hydrogen) atoms. The van der Waals surface area contributed by atoms with E-state index in [-0.39, 0.29) is 17.6 Å². The van der Waals surface area contributed by atoms with Crippen LogP contribution in [0.5, 0.6) is 5.75 Å². The molecule has 1 heterocycles. The average molecular weight is 301 g/mol. The summed E-state index contributed by atoms with van der Waals surface area (Å²) in [5.74, 6) is 0.423. The summed E-state index contributed by atoms with van der Waals surface area (Å²) >= 11 is 0. The summed E-state index contributed by atoms with van der Waals surface area (Å²) in [7, 11) is 0. The maximum atomic E-state index is 12.9. The number of rotatable bonds is 7. The molecule has 1 aromatic rings. The van der Waals surface area contributed by atoms with Crippen molar-refractivity contribution in [2.24, 2.45) is 0 Å². The van der Waals surface area contributed by atoms with Gasteiger partial charge in [-0.05, 0) is 56.2 Å². The molecule has 3 nitrogen and oxygen atoms in total. The number of piperidine rings is 1. The van der Waals surface area contributed by atoms with E-state index in [1.807, 2.05) is 23.1 Å². The number of carbonyl (C=O) groups excluding carboxylic acids is 1. The fourth-order valence-electron chi connectivity index (χ4n) is 3.11. The van der Waals surface area contributed by atoms with E-state index in [0.717, 1.165) is 57.2 Å². The SMILES string of the molecule is C=CCCCCC(C(=O)N1CCCCC1)c1ccc(O)cc1. The molecule has 1 aromatic carbocycles. The van der Waals surface area contributed by atoms with Gasteiger partial charge in [-0.2, -0.15) is 0 Å². The molecule has 120 valence electrons. The molecule has 1 unspecified atom stereocenters. The Kier molecular flexibility index (Phi) is 6.50. The fraction of sp³-hybridized carbons (Fsp3) is 0.526. The molecule has 1 atom stereocenters. The predicted molar refractivity (Wildman–Crippen MR) is 89.9 cm³/mol. The first-order chi connectivity index (χ1) is 10.7. The van der Waals surface area contributed by atoms with E-state index in [4.69, 9.17) is 0 Å². The monoisotopic (exact) mass is 301 g/mol. The van der Waals surface area contributed by atoms with Gasteiger partial charge in [-0.25, -0.2) is 0 Å². The van der Waals surface area contributed by atoms with E-state index in [1.54, 1.807) is 12.1 Å². The van der Waals surface area contributed by atoms with Crippen LogP contribution in [-0.2, 0) is 4.79 Å². The quantitative estimate of drug-likeness (QED) is 0.604. The lowest BCUT2D eigenvalue weighted by Crippen LogP contribution is -2.38. The zero-order valence-corrected chi connectivity index (χ0v) is 13.3. The number of nitrogens with zero attached hydrogens (tertiary/aromatic N) is 1. The van der Waals surface area contributed by atoms with Gasteiger partial charge in [0.2, 0.25) is 5.91 Å². The summed E-state index contributed by atoms with van der Waals surface area (Å²) in [6, 6.07) is 7.12. The Balaban J connectivity index is 2.07. The Morgan fingerprint density at radius 3 is 2.50 bits per heavy atom. The highest BCUT2D eigenvalue weighted by Crippen LogP contribution is 2.27. The van der Waals surface area contributed by atoms with Crippen LogP contribution < -0.4 is 0 Å². The normalized spacial score (nSPS) is 16.3. The number of likely N-dealkylation sites (tertiary alicyclic amines) is 1. The predicted octanol–water partition coefficient (Wildman–Crippen LogP) is 4.23. The van der Waals surface area contributed by atoms with E-state index >= 15 is 0 Å². The Hall–Kier alpha value is -1.77. The lowest BCUT2D eigenvalue weighted by Gasteiger charge is -2.30. The van der Waals surface area contributed by atoms with Crippen molar-refractivity contribution in [2.75, 3.05) is 13.1 Å². The van der Waals surface area contributed by atoms with Crippen LogP contribution in [0.1, 0.15) is 56.4 Å². The number of hydrogen-bond acceptors (Lipinski definition) is 2. The highest BCUT2D eigenvalue weighted by Gasteiger charge is 2.26. The van der Waals surface area contributed by atoms with Crippen LogP contribution >= 0.6 is 0 Å². The minimum Gasteiger partial charge on any atom is -0.508 e. The van der Waals surface area contributed by atoms with Crippen molar-refractivity contribution in [3.63, 3.8) is 0 Å². The van der Waals surface area contributed by atoms with Gasteiger partial charge in [0, 0.05) is 13.1 Å². The van der Waals surface area contributed by atoms with E-state index in [2.05, 4.69) is 6.58 Å². The van der Waals surface area contributed by atoms with Gasteiger partial charge in [0.1, 0.15) is 5.75 Å². The van der Waals surface area contributed by atoms with Crippen LogP contribution in [0, 0.1) is 0 Å². The second-order valence-corrected chi connectivity index (χ2v) is 6.10. The number of carbonyl (C=O) groups is 1. The molecule has 1 aliphatic heterocycles. The first-order valence-electron chi connectivity index (χ1n) is 8.41. The third-order valence-electron chi connectivity index (χ3n) is 4.41. The van der Waals surface area contributed by atoms with Gasteiger partial charge in [0.05, 0.1) is 5.92 Å². The van der Waals surface area contributed by atoms with Crippen LogP contribution in [-0.4, -0.2) is 29.0 Å². The van der Waals surface area contributed by atoms with Gasteiger partial charge in [0.15, 0.2) is 0 Å². The second-order valence-electron chi connectivity index (χ2n) is 6.10. The number of phenolic OH excluding ortho intramolecular Hbond substituents is 1. The number of unbranched alkanes of at least 4 members (excludes halogenated alkanes) is 2. The van der Waals surface area contributed by atoms with Crippen LogP contribution in [0.15, 0.2) is 36.9 Å². The van der Waals surface area contributed by atoms with Crippen molar-refractivity contribution in [3.05, 3.63) is 42.5 Å². The topological polar surface area (TPSA) is 40.5 Å². The molecule has 0 spiro atoms. The number of allylic oxidation sites excluding steroid dienone is 1. The highest BCUT2D eigenvalue weighted by atomic mass is 16.3. The molecule has 0 aromatic heterocycles. The molecule has 1 N–H and O–H groups in total. The van der Waals surface area contributed by atoms with Crippen LogP contribution in [0.25, 0.3) is 0 Å². The average Bonchev–Trinajstić information content (AvgIpc) is 2.56. The maximum absolute atomic E-state index is 12.9. The van der Waals surface area contributed by atoms with Gasteiger partial charge >= 0.3 is 0 Å². The van der Waals surface area contributed by atoms with Gasteiger partial charge in [-0.15, -0.1) is 6.58 Å². The molecule has 1 fully saturated rings. The third-order valence-corrected chi connectivity index (χ3v) is 4.41. The molecular formula is C19H27NO2. The Morgan fingerprint density at radius 2 is 1.86 bits per heavy atom. The molecule has 1 saturated heterocycles. The number of benzene rings is 1. The number of amides is 1. The summed E-state index contributed by atoms with van der Waals surface area (Å²) in [6.07, 6.45) is 9.36. The zero-order chi connectivity index (χ0) is 15.8. The molecule has 1 amide bonds. The zero-order valence-electron chi connectivity index (χ0n) is 13.3. The largest absolute Gasteiger partial charge is 0.508 e. The number of phenols is 1. The van der Waals surface area contributed by atoms with E-state index in [9.17, 15) is 9.90 Å². The molecule has 0 saturated carbocycles. The van der Waals surface area contributed by atoms with E-state index in [0.29, 0.717) is 0 Å². The molecule has 0 aliphatic carbocycles. The first kappa shape index (κ1) is 16.6. The summed E-state index contributed by atoms with van der Waals surface area (Å²) in [5.41, 5.74) is 1.02. The Labute approximate surface area is 133 Å². The minimum absolute atomic E-state index is 0.0801. The van der Waals surface area contributed by atoms with Crippen molar-refractivity contribution >= 4 is 5.91 Å². The van der Waals surface area contributed by atoms with E-state index in [1.165, 1.54) is 6.42 Å². The third kappa shape index (κ3) is 4.62. The standard InChI is InChI=1S/C19H27NO2/c1-2-3-4-6-9-18(16-10-12-17(21)13-11-16)19(22)20-14-7-5-8-15-20/h2,10-13,18,21H,1,3-9,14-15H2. The highest BCUT2D eigenvalue weighted by molar-refractivity contribution is 5.83. The van der Waals surface area contributed by atoms with Crippen LogP contribution in [0.2, 0.25) is 0 Å². The van der Waals surface area contributed by atoms with Gasteiger partial charge < -0.3 is 10.0 Å². The molecule has 0 radical (unpaired) electrons. The molecule has 1 aliphatic rings. The molecule has 0 bridgehead atoms. The Bertz CT molecular complexity index is 475. The Morgan fingerprint density at radius 1 is 1.18 bits per heavy atom. The summed E-state index contributed by atoms with van der Waals surface area (Å²) in [4.78, 5) is 14.9. The fourth-order valence-corrected chi connectivity index (χ4v) is 3.11. The number of aromatic hydroxyl groups is 1. The molecular weight excluding hydrogens is 274 g/mol. The lowest BCUT2D eigenvalue weighted by atomic mass is 9.91. The smallest absolute Gasteiger partial charge is 0.230 e. The summed E-state index contributed by atoms with van der Waals surface area (Å²) in [5, 5.41) is 9.47. The van der Waals surface area contributed by atoms with Crippen molar-refractivity contribution in [2.45, 2.75) is 50.9 Å². The second kappa shape index (κ2) is 8.62. The molecule has 3 heteroatoms. The lowest BCUT2D eigenvalue weighted by molar-refractivity contribution is -0.133. The van der Waals surface area contributed by atoms with Crippen LogP contribution in [0.3, 0.4) is 0 Å². The van der Waals surface area contributed by atoms with Crippen molar-refractivity contribution in [1.29, 1.82) is 0 Å². The van der Waals surface area contributed by atoms with Crippen molar-refractivity contribution in [1.82, 2.24) is 4.90 Å². The summed E-state index contributed by atoms with van der Waals surface area (Å²) < 4.78 is 0. The van der Waals surface area contributed by atoms with Crippen LogP contribution in [0.4, 0.5) is 0 Å². The molecule has 2 rings (SSSR count). The summed E-state index contributed by atoms with van der Waals surface area (Å²) in [6.45, 7) is 5.53. The van der Waals surface area contributed by atoms with Crippen molar-refractivity contribution in [3.8, 4) is 5.75 Å². The minimum atomic E-state index is -0.0801. The van der Waals surface area contributed by atoms with Gasteiger partial charge in [0.25, 0.3) is 0 Å². The van der Waals surface area contributed by atoms with E-state index < -0.39 is 0 Å². The maximum Gasteiger partial charge on any atom is 0.230 e.